The first-order valence-corrected chi connectivity index (χ1v) is 8.15. The summed E-state index contributed by atoms with van der Waals surface area (Å²) in [7, 11) is 1.52. The van der Waals surface area contributed by atoms with Crippen LogP contribution >= 0.6 is 0 Å². The van der Waals surface area contributed by atoms with Gasteiger partial charge in [0.2, 0.25) is 0 Å². The van der Waals surface area contributed by atoms with Crippen molar-refractivity contribution in [2.24, 2.45) is 0 Å². The lowest BCUT2D eigenvalue weighted by molar-refractivity contribution is -0.306. The van der Waals surface area contributed by atoms with Crippen LogP contribution < -0.4 is 15.2 Å². The van der Waals surface area contributed by atoms with Crippen LogP contribution in [0.25, 0.3) is 0 Å². The molecule has 5 nitrogen and oxygen atoms in total. The van der Waals surface area contributed by atoms with Crippen molar-refractivity contribution in [3.8, 4) is 5.75 Å². The predicted molar refractivity (Wildman–Crippen MR) is 93.4 cm³/mol. The van der Waals surface area contributed by atoms with Gasteiger partial charge < -0.3 is 20.0 Å². The highest BCUT2D eigenvalue weighted by Gasteiger charge is 2.17. The van der Waals surface area contributed by atoms with Crippen LogP contribution in [-0.2, 0) is 4.79 Å². The van der Waals surface area contributed by atoms with E-state index in [9.17, 15) is 14.7 Å². The molecule has 0 fully saturated rings. The van der Waals surface area contributed by atoms with E-state index in [4.69, 9.17) is 4.74 Å². The van der Waals surface area contributed by atoms with E-state index >= 15 is 0 Å². The molecule has 0 aliphatic carbocycles. The summed E-state index contributed by atoms with van der Waals surface area (Å²) in [6, 6.07) is 13.6. The third kappa shape index (κ3) is 5.08. The van der Waals surface area contributed by atoms with Crippen LogP contribution in [0, 0.1) is 0 Å². The Morgan fingerprint density at radius 2 is 1.72 bits per heavy atom. The quantitative estimate of drug-likeness (QED) is 0.840. The van der Waals surface area contributed by atoms with E-state index in [2.05, 4.69) is 19.2 Å². The third-order valence-electron chi connectivity index (χ3n) is 4.01. The maximum Gasteiger partial charge on any atom is 0.251 e. The van der Waals surface area contributed by atoms with Gasteiger partial charge in [0.1, 0.15) is 5.75 Å². The number of amides is 1. The molecule has 0 heterocycles. The zero-order valence-electron chi connectivity index (χ0n) is 14.6. The average molecular weight is 340 g/mol. The van der Waals surface area contributed by atoms with E-state index in [1.54, 1.807) is 24.3 Å². The fourth-order valence-corrected chi connectivity index (χ4v) is 2.54. The smallest absolute Gasteiger partial charge is 0.251 e. The molecule has 0 radical (unpaired) electrons. The van der Waals surface area contributed by atoms with Crippen LogP contribution in [0.15, 0.2) is 48.5 Å². The Labute approximate surface area is 147 Å². The number of hydrogen-bond donors (Lipinski definition) is 1. The summed E-state index contributed by atoms with van der Waals surface area (Å²) in [5.41, 5.74) is 2.28. The summed E-state index contributed by atoms with van der Waals surface area (Å²) >= 11 is 0. The standard InChI is InChI=1S/C20H23NO4/c1-13(2)14-7-9-15(10-8-14)18(12-19(22)23)21-20(24)16-5-4-6-17(11-16)25-3/h4-11,13,18H,12H2,1-3H3,(H,21,24)(H,22,23)/p-1/t18-/m1/s1. The van der Waals surface area contributed by atoms with Gasteiger partial charge in [-0.05, 0) is 35.2 Å². The highest BCUT2D eigenvalue weighted by atomic mass is 16.5. The van der Waals surface area contributed by atoms with Crippen LogP contribution in [0.2, 0.25) is 0 Å². The number of carbonyl (C=O) groups is 2. The number of carbonyl (C=O) groups excluding carboxylic acids is 2. The van der Waals surface area contributed by atoms with Gasteiger partial charge in [-0.3, -0.25) is 4.79 Å². The molecule has 1 atom stereocenters. The van der Waals surface area contributed by atoms with Crippen molar-refractivity contribution < 1.29 is 19.4 Å². The van der Waals surface area contributed by atoms with E-state index < -0.39 is 12.0 Å². The number of benzene rings is 2. The number of aliphatic carboxylic acids is 1. The van der Waals surface area contributed by atoms with Gasteiger partial charge in [0.15, 0.2) is 0 Å². The second-order valence-electron chi connectivity index (χ2n) is 6.16. The number of nitrogens with one attached hydrogen (secondary N) is 1. The first kappa shape index (κ1) is 18.5. The molecule has 0 aromatic heterocycles. The van der Waals surface area contributed by atoms with Crippen LogP contribution in [0.3, 0.4) is 0 Å². The molecule has 0 saturated heterocycles. The van der Waals surface area contributed by atoms with Crippen LogP contribution in [0.1, 0.15) is 53.7 Å². The largest absolute Gasteiger partial charge is 0.550 e. The van der Waals surface area contributed by atoms with Gasteiger partial charge in [-0.15, -0.1) is 0 Å². The maximum atomic E-state index is 12.5. The molecule has 25 heavy (non-hydrogen) atoms. The van der Waals surface area contributed by atoms with Gasteiger partial charge in [-0.2, -0.15) is 0 Å². The molecule has 132 valence electrons. The van der Waals surface area contributed by atoms with Gasteiger partial charge in [-0.1, -0.05) is 44.2 Å². The second-order valence-corrected chi connectivity index (χ2v) is 6.16. The van der Waals surface area contributed by atoms with Gasteiger partial charge in [0.05, 0.1) is 13.2 Å². The monoisotopic (exact) mass is 340 g/mol. The Bertz CT molecular complexity index is 738. The molecule has 0 unspecified atom stereocenters. The minimum absolute atomic E-state index is 0.295. The average Bonchev–Trinajstić information content (AvgIpc) is 2.60. The van der Waals surface area contributed by atoms with Crippen molar-refractivity contribution in [1.82, 2.24) is 5.32 Å². The molecule has 2 aromatic carbocycles. The van der Waals surface area contributed by atoms with Gasteiger partial charge in [0.25, 0.3) is 5.91 Å². The van der Waals surface area contributed by atoms with Crippen LogP contribution in [-0.4, -0.2) is 19.0 Å². The van der Waals surface area contributed by atoms with Crippen molar-refractivity contribution in [3.05, 3.63) is 65.2 Å². The lowest BCUT2D eigenvalue weighted by atomic mass is 9.97. The SMILES string of the molecule is COc1cccc(C(=O)N[C@H](CC(=O)[O-])c2ccc(C(C)C)cc2)c1. The Balaban J connectivity index is 2.21. The first-order chi connectivity index (χ1) is 11.9. The van der Waals surface area contributed by atoms with E-state index in [0.29, 0.717) is 17.2 Å². The number of carboxylic acid groups (broad SMARTS) is 1. The molecule has 1 N–H and O–H groups in total. The molecule has 0 saturated carbocycles. The van der Waals surface area contributed by atoms with Gasteiger partial charge in [0, 0.05) is 18.0 Å². The van der Waals surface area contributed by atoms with Crippen molar-refractivity contribution in [2.45, 2.75) is 32.2 Å². The molecule has 0 aliphatic rings. The Hall–Kier alpha value is -2.82. The minimum Gasteiger partial charge on any atom is -0.550 e. The van der Waals surface area contributed by atoms with Crippen molar-refractivity contribution in [2.75, 3.05) is 7.11 Å². The van der Waals surface area contributed by atoms with E-state index in [0.717, 1.165) is 11.1 Å². The fourth-order valence-electron chi connectivity index (χ4n) is 2.54. The van der Waals surface area contributed by atoms with Crippen LogP contribution in [0.5, 0.6) is 5.75 Å². The normalized spacial score (nSPS) is 11.8. The molecule has 5 heteroatoms. The van der Waals surface area contributed by atoms with Gasteiger partial charge in [-0.25, -0.2) is 0 Å². The summed E-state index contributed by atoms with van der Waals surface area (Å²) < 4.78 is 5.11. The van der Waals surface area contributed by atoms with Crippen molar-refractivity contribution in [3.63, 3.8) is 0 Å². The molecule has 0 spiro atoms. The number of carboxylic acids is 1. The summed E-state index contributed by atoms with van der Waals surface area (Å²) in [5.74, 6) is -0.646. The number of ether oxygens (including phenoxy) is 1. The highest BCUT2D eigenvalue weighted by molar-refractivity contribution is 5.95. The Morgan fingerprint density at radius 3 is 2.28 bits per heavy atom. The topological polar surface area (TPSA) is 78.5 Å². The van der Waals surface area contributed by atoms with E-state index in [1.165, 1.54) is 7.11 Å². The van der Waals surface area contributed by atoms with Crippen molar-refractivity contribution in [1.29, 1.82) is 0 Å². The summed E-state index contributed by atoms with van der Waals surface area (Å²) in [4.78, 5) is 23.6. The summed E-state index contributed by atoms with van der Waals surface area (Å²) in [6.45, 7) is 4.16. The fraction of sp³-hybridized carbons (Fsp3) is 0.300. The highest BCUT2D eigenvalue weighted by Crippen LogP contribution is 2.22. The molecule has 0 bridgehead atoms. The minimum atomic E-state index is -1.22. The Kier molecular flexibility index (Phi) is 6.17. The molecule has 2 aromatic rings. The van der Waals surface area contributed by atoms with Crippen LogP contribution in [0.4, 0.5) is 0 Å². The molecule has 2 rings (SSSR count). The van der Waals surface area contributed by atoms with Gasteiger partial charge >= 0.3 is 0 Å². The Morgan fingerprint density at radius 1 is 1.08 bits per heavy atom. The first-order valence-electron chi connectivity index (χ1n) is 8.15. The van der Waals surface area contributed by atoms with E-state index in [-0.39, 0.29) is 12.3 Å². The molecule has 0 aliphatic heterocycles. The number of hydrogen-bond acceptors (Lipinski definition) is 4. The zero-order valence-corrected chi connectivity index (χ0v) is 14.6. The third-order valence-corrected chi connectivity index (χ3v) is 4.01. The molecular weight excluding hydrogens is 318 g/mol. The summed E-state index contributed by atoms with van der Waals surface area (Å²) in [6.07, 6.45) is -0.295. The number of methoxy groups -OCH3 is 1. The maximum absolute atomic E-state index is 12.5. The zero-order chi connectivity index (χ0) is 18.4. The van der Waals surface area contributed by atoms with E-state index in [1.807, 2.05) is 24.3 Å². The molecule has 1 amide bonds. The number of rotatable bonds is 7. The molecular formula is C20H22NO4-. The lowest BCUT2D eigenvalue weighted by Crippen LogP contribution is -2.34. The second kappa shape index (κ2) is 8.33. The van der Waals surface area contributed by atoms with Crippen molar-refractivity contribution >= 4 is 11.9 Å². The lowest BCUT2D eigenvalue weighted by Gasteiger charge is -2.20. The summed E-state index contributed by atoms with van der Waals surface area (Å²) in [5, 5.41) is 13.9. The predicted octanol–water partition coefficient (Wildman–Crippen LogP) is 2.43.